The number of imidazole rings is 1. The van der Waals surface area contributed by atoms with E-state index in [1.807, 2.05) is 17.1 Å². The Morgan fingerprint density at radius 2 is 2.17 bits per heavy atom. The Balaban J connectivity index is 1.45. The number of anilines is 1. The number of nitrogens with zero attached hydrogens (tertiary/aromatic N) is 7. The quantitative estimate of drug-likeness (QED) is 0.719. The largest absolute Gasteiger partial charge is 0.362 e. The highest BCUT2D eigenvalue weighted by molar-refractivity contribution is 5.82. The van der Waals surface area contributed by atoms with E-state index in [1.165, 1.54) is 0 Å². The van der Waals surface area contributed by atoms with Crippen LogP contribution in [-0.4, -0.2) is 47.1 Å². The molecule has 0 radical (unpaired) electrons. The molecule has 4 heterocycles. The van der Waals surface area contributed by atoms with E-state index in [4.69, 9.17) is 0 Å². The Morgan fingerprint density at radius 3 is 3.09 bits per heavy atom. The second-order valence-electron chi connectivity index (χ2n) is 6.13. The van der Waals surface area contributed by atoms with Crippen LogP contribution in [0.25, 0.3) is 11.2 Å². The fourth-order valence-electron chi connectivity index (χ4n) is 3.06. The van der Waals surface area contributed by atoms with Gasteiger partial charge >= 0.3 is 0 Å². The highest BCUT2D eigenvalue weighted by Crippen LogP contribution is 2.36. The predicted molar refractivity (Wildman–Crippen MR) is 82.7 cm³/mol. The van der Waals surface area contributed by atoms with Gasteiger partial charge in [0, 0.05) is 25.5 Å². The van der Waals surface area contributed by atoms with Crippen molar-refractivity contribution in [1.82, 2.24) is 39.8 Å². The van der Waals surface area contributed by atoms with Crippen LogP contribution in [0.3, 0.4) is 0 Å². The first-order valence-electron chi connectivity index (χ1n) is 7.91. The minimum Gasteiger partial charge on any atom is -0.362 e. The minimum absolute atomic E-state index is 0.203. The molecule has 2 N–H and O–H groups in total. The lowest BCUT2D eigenvalue weighted by Gasteiger charge is -2.17. The summed E-state index contributed by atoms with van der Waals surface area (Å²) in [6.07, 6.45) is 7.74. The van der Waals surface area contributed by atoms with Gasteiger partial charge in [0.15, 0.2) is 17.0 Å². The monoisotopic (exact) mass is 311 g/mol. The number of hydrogen-bond donors (Lipinski definition) is 2. The van der Waals surface area contributed by atoms with Crippen LogP contribution >= 0.6 is 0 Å². The maximum atomic E-state index is 4.38. The van der Waals surface area contributed by atoms with Gasteiger partial charge in [0.05, 0.1) is 18.6 Å². The smallest absolute Gasteiger partial charge is 0.184 e. The molecule has 5 rings (SSSR count). The SMILES string of the molecule is c1cn2c(n1)CNCC(Nc1ncnc3c1nnn3C1CC1)C2. The molecule has 2 aliphatic rings. The number of fused-ring (bicyclic) bond motifs is 2. The predicted octanol–water partition coefficient (Wildman–Crippen LogP) is 0.337. The summed E-state index contributed by atoms with van der Waals surface area (Å²) in [5.74, 6) is 1.80. The van der Waals surface area contributed by atoms with E-state index in [9.17, 15) is 0 Å². The van der Waals surface area contributed by atoms with Gasteiger partial charge in [-0.15, -0.1) is 5.10 Å². The van der Waals surface area contributed by atoms with Crippen LogP contribution in [0.2, 0.25) is 0 Å². The van der Waals surface area contributed by atoms with Gasteiger partial charge in [-0.3, -0.25) is 0 Å². The second-order valence-corrected chi connectivity index (χ2v) is 6.13. The van der Waals surface area contributed by atoms with E-state index >= 15 is 0 Å². The standard InChI is InChI=1S/C14H17N9/c1-2-10(1)23-14-12(20-21-23)13(17-8-18-14)19-9-5-15-6-11-16-3-4-22(11)7-9/h3-4,8-10,15H,1-2,5-7H2,(H,17,18,19). The minimum atomic E-state index is 0.203. The Bertz CT molecular complexity index is 847. The normalized spacial score (nSPS) is 21.1. The van der Waals surface area contributed by atoms with Crippen LogP contribution < -0.4 is 10.6 Å². The van der Waals surface area contributed by atoms with Gasteiger partial charge < -0.3 is 15.2 Å². The fourth-order valence-corrected chi connectivity index (χ4v) is 3.06. The molecule has 9 nitrogen and oxygen atoms in total. The molecule has 0 saturated heterocycles. The van der Waals surface area contributed by atoms with Crippen molar-refractivity contribution in [3.05, 3.63) is 24.5 Å². The lowest BCUT2D eigenvalue weighted by Crippen LogP contribution is -2.33. The summed E-state index contributed by atoms with van der Waals surface area (Å²) in [4.78, 5) is 13.1. The molecule has 0 spiro atoms. The number of aromatic nitrogens is 7. The molecule has 1 aliphatic carbocycles. The molecular weight excluding hydrogens is 294 g/mol. The van der Waals surface area contributed by atoms with Crippen LogP contribution in [0.4, 0.5) is 5.82 Å². The van der Waals surface area contributed by atoms with Gasteiger partial charge in [-0.25, -0.2) is 19.6 Å². The van der Waals surface area contributed by atoms with Gasteiger partial charge in [0.1, 0.15) is 12.2 Å². The lowest BCUT2D eigenvalue weighted by atomic mass is 10.3. The molecule has 0 aromatic carbocycles. The third-order valence-corrected chi connectivity index (χ3v) is 4.39. The van der Waals surface area contributed by atoms with E-state index in [0.29, 0.717) is 6.04 Å². The van der Waals surface area contributed by atoms with E-state index in [2.05, 4.69) is 40.5 Å². The highest BCUT2D eigenvalue weighted by atomic mass is 15.5. The fraction of sp³-hybridized carbons (Fsp3) is 0.500. The van der Waals surface area contributed by atoms with Crippen LogP contribution in [0.1, 0.15) is 24.7 Å². The third-order valence-electron chi connectivity index (χ3n) is 4.39. The molecule has 23 heavy (non-hydrogen) atoms. The average molecular weight is 311 g/mol. The molecule has 0 bridgehead atoms. The molecule has 0 amide bonds. The van der Waals surface area contributed by atoms with Crippen molar-refractivity contribution in [3.8, 4) is 0 Å². The maximum absolute atomic E-state index is 4.38. The van der Waals surface area contributed by atoms with Crippen LogP contribution in [0.5, 0.6) is 0 Å². The van der Waals surface area contributed by atoms with Crippen molar-refractivity contribution in [2.45, 2.75) is 38.0 Å². The molecular formula is C14H17N9. The number of hydrogen-bond acceptors (Lipinski definition) is 7. The summed E-state index contributed by atoms with van der Waals surface area (Å²) in [5.41, 5.74) is 1.56. The van der Waals surface area contributed by atoms with Gasteiger partial charge in [-0.2, -0.15) is 0 Å². The van der Waals surface area contributed by atoms with Crippen LogP contribution in [0.15, 0.2) is 18.7 Å². The molecule has 9 heteroatoms. The van der Waals surface area contributed by atoms with E-state index < -0.39 is 0 Å². The zero-order valence-electron chi connectivity index (χ0n) is 12.6. The van der Waals surface area contributed by atoms with Crippen molar-refractivity contribution >= 4 is 17.0 Å². The first kappa shape index (κ1) is 12.9. The average Bonchev–Trinajstić information content (AvgIpc) is 3.22. The third kappa shape index (κ3) is 2.24. The van der Waals surface area contributed by atoms with E-state index in [1.54, 1.807) is 6.33 Å². The molecule has 1 unspecified atom stereocenters. The summed E-state index contributed by atoms with van der Waals surface area (Å²) >= 11 is 0. The zero-order chi connectivity index (χ0) is 15.2. The highest BCUT2D eigenvalue weighted by Gasteiger charge is 2.28. The summed E-state index contributed by atoms with van der Waals surface area (Å²) in [5, 5.41) is 15.4. The topological polar surface area (TPSA) is 98.4 Å². The van der Waals surface area contributed by atoms with Gasteiger partial charge in [0.25, 0.3) is 0 Å². The first-order valence-corrected chi connectivity index (χ1v) is 7.91. The summed E-state index contributed by atoms with van der Waals surface area (Å²) in [6, 6.07) is 0.658. The maximum Gasteiger partial charge on any atom is 0.184 e. The molecule has 3 aromatic heterocycles. The Morgan fingerprint density at radius 1 is 1.22 bits per heavy atom. The summed E-state index contributed by atoms with van der Waals surface area (Å²) < 4.78 is 4.08. The van der Waals surface area contributed by atoms with E-state index in [-0.39, 0.29) is 6.04 Å². The molecule has 118 valence electrons. The summed E-state index contributed by atoms with van der Waals surface area (Å²) in [7, 11) is 0. The Kier molecular flexibility index (Phi) is 2.80. The number of nitrogens with one attached hydrogen (secondary N) is 2. The molecule has 1 saturated carbocycles. The Hall–Kier alpha value is -2.55. The van der Waals surface area contributed by atoms with Crippen LogP contribution in [-0.2, 0) is 13.1 Å². The first-order chi connectivity index (χ1) is 11.4. The molecule has 1 atom stereocenters. The number of rotatable bonds is 3. The van der Waals surface area contributed by atoms with E-state index in [0.717, 1.165) is 55.3 Å². The molecule has 1 fully saturated rings. The van der Waals surface area contributed by atoms with Gasteiger partial charge in [0.2, 0.25) is 0 Å². The van der Waals surface area contributed by atoms with Crippen molar-refractivity contribution in [2.24, 2.45) is 0 Å². The second kappa shape index (κ2) is 4.98. The van der Waals surface area contributed by atoms with Crippen molar-refractivity contribution in [3.63, 3.8) is 0 Å². The van der Waals surface area contributed by atoms with Gasteiger partial charge in [-0.1, -0.05) is 5.21 Å². The van der Waals surface area contributed by atoms with Crippen molar-refractivity contribution in [1.29, 1.82) is 0 Å². The lowest BCUT2D eigenvalue weighted by molar-refractivity contribution is 0.579. The van der Waals surface area contributed by atoms with Crippen molar-refractivity contribution < 1.29 is 0 Å². The zero-order valence-corrected chi connectivity index (χ0v) is 12.6. The summed E-state index contributed by atoms with van der Waals surface area (Å²) in [6.45, 7) is 2.46. The van der Waals surface area contributed by atoms with Gasteiger partial charge in [-0.05, 0) is 12.8 Å². The Labute approximate surface area is 132 Å². The van der Waals surface area contributed by atoms with Crippen LogP contribution in [0, 0.1) is 0 Å². The molecule has 1 aliphatic heterocycles. The molecule has 3 aromatic rings. The van der Waals surface area contributed by atoms with Crippen molar-refractivity contribution in [2.75, 3.05) is 11.9 Å².